The van der Waals surface area contributed by atoms with Gasteiger partial charge in [-0.05, 0) is 47.8 Å². The predicted molar refractivity (Wildman–Crippen MR) is 107 cm³/mol. The van der Waals surface area contributed by atoms with Gasteiger partial charge in [0.05, 0.1) is 10.4 Å². The smallest absolute Gasteiger partial charge is 0.221 e. The molecule has 0 fully saturated rings. The van der Waals surface area contributed by atoms with Crippen molar-refractivity contribution in [1.29, 1.82) is 0 Å². The van der Waals surface area contributed by atoms with Crippen molar-refractivity contribution in [3.63, 3.8) is 0 Å². The second kappa shape index (κ2) is 6.93. The van der Waals surface area contributed by atoms with E-state index in [2.05, 4.69) is 15.6 Å². The Morgan fingerprint density at radius 3 is 2.42 bits per heavy atom. The quantitative estimate of drug-likeness (QED) is 0.534. The van der Waals surface area contributed by atoms with Gasteiger partial charge in [0.25, 0.3) is 0 Å². The number of anilines is 3. The first-order valence-corrected chi connectivity index (χ1v) is 9.02. The number of hydrogen-bond donors (Lipinski definition) is 2. The molecule has 0 saturated heterocycles. The summed E-state index contributed by atoms with van der Waals surface area (Å²) in [6.45, 7) is 1.49. The number of thiophene rings is 1. The number of amides is 1. The summed E-state index contributed by atoms with van der Waals surface area (Å²) in [5, 5.41) is 9.11. The summed E-state index contributed by atoms with van der Waals surface area (Å²) in [6.07, 6.45) is 0. The number of aromatic nitrogens is 2. The van der Waals surface area contributed by atoms with Crippen LogP contribution in [0.2, 0.25) is 0 Å². The van der Waals surface area contributed by atoms with E-state index in [-0.39, 0.29) is 5.91 Å². The highest BCUT2D eigenvalue weighted by atomic mass is 32.1. The van der Waals surface area contributed by atoms with E-state index < -0.39 is 0 Å². The Bertz CT molecular complexity index is 1060. The number of carbonyl (C=O) groups is 1. The van der Waals surface area contributed by atoms with Crippen LogP contribution in [0.3, 0.4) is 0 Å². The molecule has 2 heterocycles. The van der Waals surface area contributed by atoms with Crippen molar-refractivity contribution in [2.45, 2.75) is 6.92 Å². The molecule has 2 aromatic carbocycles. The van der Waals surface area contributed by atoms with Gasteiger partial charge in [0.1, 0.15) is 5.82 Å². The summed E-state index contributed by atoms with van der Waals surface area (Å²) in [4.78, 5) is 21.6. The number of para-hydroxylation sites is 1. The lowest BCUT2D eigenvalue weighted by Gasteiger charge is -2.11. The van der Waals surface area contributed by atoms with Crippen molar-refractivity contribution in [2.24, 2.45) is 0 Å². The Morgan fingerprint density at radius 1 is 0.923 bits per heavy atom. The molecule has 2 aromatic heterocycles. The summed E-state index contributed by atoms with van der Waals surface area (Å²) in [6, 6.07) is 19.5. The lowest BCUT2D eigenvalue weighted by molar-refractivity contribution is -0.114. The molecule has 5 nitrogen and oxygen atoms in total. The monoisotopic (exact) mass is 360 g/mol. The van der Waals surface area contributed by atoms with Crippen molar-refractivity contribution in [2.75, 3.05) is 10.6 Å². The molecule has 0 saturated carbocycles. The molecule has 128 valence electrons. The number of rotatable bonds is 4. The van der Waals surface area contributed by atoms with Crippen LogP contribution >= 0.6 is 11.3 Å². The Kier molecular flexibility index (Phi) is 4.33. The molecule has 0 spiro atoms. The summed E-state index contributed by atoms with van der Waals surface area (Å²) < 4.78 is 0. The normalized spacial score (nSPS) is 10.7. The minimum atomic E-state index is -0.0897. The Hall–Kier alpha value is -3.25. The van der Waals surface area contributed by atoms with E-state index in [0.717, 1.165) is 33.0 Å². The van der Waals surface area contributed by atoms with Gasteiger partial charge in [0.15, 0.2) is 5.82 Å². The van der Waals surface area contributed by atoms with Crippen LogP contribution in [0.15, 0.2) is 66.0 Å². The summed E-state index contributed by atoms with van der Waals surface area (Å²) in [5.41, 5.74) is 2.54. The van der Waals surface area contributed by atoms with Gasteiger partial charge < -0.3 is 10.6 Å². The van der Waals surface area contributed by atoms with E-state index in [1.165, 1.54) is 6.92 Å². The summed E-state index contributed by atoms with van der Waals surface area (Å²) in [7, 11) is 0. The van der Waals surface area contributed by atoms with Crippen molar-refractivity contribution >= 4 is 45.3 Å². The number of carbonyl (C=O) groups excluding carboxylic acids is 1. The highest BCUT2D eigenvalue weighted by molar-refractivity contribution is 7.13. The van der Waals surface area contributed by atoms with Crippen LogP contribution in [0.4, 0.5) is 17.2 Å². The van der Waals surface area contributed by atoms with Gasteiger partial charge in [-0.2, -0.15) is 0 Å². The van der Waals surface area contributed by atoms with Crippen LogP contribution in [0.5, 0.6) is 0 Å². The molecular formula is C20H16N4OS. The lowest BCUT2D eigenvalue weighted by Crippen LogP contribution is -2.05. The SMILES string of the molecule is CC(=O)Nc1ccc(Nc2nc(-c3cccs3)nc3ccccc23)cc1. The average molecular weight is 360 g/mol. The van der Waals surface area contributed by atoms with Crippen LogP contribution in [-0.4, -0.2) is 15.9 Å². The van der Waals surface area contributed by atoms with Crippen molar-refractivity contribution in [1.82, 2.24) is 9.97 Å². The van der Waals surface area contributed by atoms with E-state index in [1.807, 2.05) is 66.0 Å². The molecule has 0 unspecified atom stereocenters. The average Bonchev–Trinajstić information content (AvgIpc) is 3.17. The Morgan fingerprint density at radius 2 is 1.69 bits per heavy atom. The zero-order valence-corrected chi connectivity index (χ0v) is 14.9. The minimum absolute atomic E-state index is 0.0897. The molecular weight excluding hydrogens is 344 g/mol. The molecule has 0 aliphatic rings. The number of nitrogens with zero attached hydrogens (tertiary/aromatic N) is 2. The Balaban J connectivity index is 1.72. The van der Waals surface area contributed by atoms with Gasteiger partial charge in [-0.25, -0.2) is 9.97 Å². The van der Waals surface area contributed by atoms with Crippen LogP contribution in [0, 0.1) is 0 Å². The van der Waals surface area contributed by atoms with E-state index in [4.69, 9.17) is 4.98 Å². The van der Waals surface area contributed by atoms with E-state index in [9.17, 15) is 4.79 Å². The van der Waals surface area contributed by atoms with Gasteiger partial charge in [-0.3, -0.25) is 4.79 Å². The third-order valence-corrected chi connectivity index (χ3v) is 4.68. The molecule has 26 heavy (non-hydrogen) atoms. The van der Waals surface area contributed by atoms with E-state index in [0.29, 0.717) is 5.82 Å². The van der Waals surface area contributed by atoms with Gasteiger partial charge in [0, 0.05) is 23.7 Å². The maximum absolute atomic E-state index is 11.1. The van der Waals surface area contributed by atoms with Gasteiger partial charge in [-0.1, -0.05) is 18.2 Å². The molecule has 2 N–H and O–H groups in total. The van der Waals surface area contributed by atoms with Gasteiger partial charge >= 0.3 is 0 Å². The second-order valence-electron chi connectivity index (χ2n) is 5.77. The first kappa shape index (κ1) is 16.2. The first-order valence-electron chi connectivity index (χ1n) is 8.14. The maximum atomic E-state index is 11.1. The zero-order valence-electron chi connectivity index (χ0n) is 14.1. The molecule has 1 amide bonds. The molecule has 0 atom stereocenters. The van der Waals surface area contributed by atoms with E-state index in [1.54, 1.807) is 11.3 Å². The van der Waals surface area contributed by atoms with E-state index >= 15 is 0 Å². The maximum Gasteiger partial charge on any atom is 0.221 e. The highest BCUT2D eigenvalue weighted by Crippen LogP contribution is 2.29. The summed E-state index contributed by atoms with van der Waals surface area (Å²) >= 11 is 1.61. The topological polar surface area (TPSA) is 66.9 Å². The van der Waals surface area contributed by atoms with Crippen molar-refractivity contribution in [3.05, 3.63) is 66.0 Å². The fraction of sp³-hybridized carbons (Fsp3) is 0.0500. The molecule has 4 rings (SSSR count). The second-order valence-corrected chi connectivity index (χ2v) is 6.72. The third-order valence-electron chi connectivity index (χ3n) is 3.81. The van der Waals surface area contributed by atoms with Crippen LogP contribution in [-0.2, 0) is 4.79 Å². The molecule has 6 heteroatoms. The lowest BCUT2D eigenvalue weighted by atomic mass is 10.2. The fourth-order valence-corrected chi connectivity index (χ4v) is 3.32. The fourth-order valence-electron chi connectivity index (χ4n) is 2.66. The number of hydrogen-bond acceptors (Lipinski definition) is 5. The van der Waals surface area contributed by atoms with Crippen LogP contribution < -0.4 is 10.6 Å². The van der Waals surface area contributed by atoms with Crippen molar-refractivity contribution < 1.29 is 4.79 Å². The number of benzene rings is 2. The predicted octanol–water partition coefficient (Wildman–Crippen LogP) is 5.06. The standard InChI is InChI=1S/C20H16N4OS/c1-13(25)21-14-8-10-15(11-9-14)22-19-16-5-2-3-6-17(16)23-20(24-19)18-7-4-12-26-18/h2-12H,1H3,(H,21,25)(H,22,23,24). The molecule has 0 aliphatic carbocycles. The molecule has 0 radical (unpaired) electrons. The van der Waals surface area contributed by atoms with Crippen LogP contribution in [0.1, 0.15) is 6.92 Å². The van der Waals surface area contributed by atoms with Crippen LogP contribution in [0.25, 0.3) is 21.6 Å². The number of fused-ring (bicyclic) bond motifs is 1. The molecule has 0 aliphatic heterocycles. The highest BCUT2D eigenvalue weighted by Gasteiger charge is 2.10. The van der Waals surface area contributed by atoms with Gasteiger partial charge in [-0.15, -0.1) is 11.3 Å². The largest absolute Gasteiger partial charge is 0.340 e. The Labute approximate surface area is 154 Å². The summed E-state index contributed by atoms with van der Waals surface area (Å²) in [5.74, 6) is 1.37. The third kappa shape index (κ3) is 3.41. The van der Waals surface area contributed by atoms with Gasteiger partial charge in [0.2, 0.25) is 5.91 Å². The molecule has 0 bridgehead atoms. The number of nitrogens with one attached hydrogen (secondary N) is 2. The molecule has 4 aromatic rings. The minimum Gasteiger partial charge on any atom is -0.340 e. The van der Waals surface area contributed by atoms with Crippen molar-refractivity contribution in [3.8, 4) is 10.7 Å². The first-order chi connectivity index (χ1) is 12.7. The zero-order chi connectivity index (χ0) is 17.9.